The maximum atomic E-state index is 13.8. The second-order valence-electron chi connectivity index (χ2n) is 12.0. The average molecular weight is 748 g/mol. The van der Waals surface area contributed by atoms with E-state index in [-0.39, 0.29) is 48.0 Å². The van der Waals surface area contributed by atoms with E-state index in [2.05, 4.69) is 10.6 Å². The van der Waals surface area contributed by atoms with Gasteiger partial charge in [-0.2, -0.15) is 4.31 Å². The molecule has 4 aromatic rings. The van der Waals surface area contributed by atoms with E-state index < -0.39 is 85.3 Å². The molecule has 5 rings (SSSR count). The third-order valence-electron chi connectivity index (χ3n) is 8.32. The van der Waals surface area contributed by atoms with Gasteiger partial charge in [-0.3, -0.25) is 14.4 Å². The molecule has 276 valence electrons. The van der Waals surface area contributed by atoms with E-state index in [0.717, 1.165) is 28.6 Å². The molecule has 1 fully saturated rings. The van der Waals surface area contributed by atoms with Crippen molar-refractivity contribution >= 4 is 45.2 Å². The van der Waals surface area contributed by atoms with Gasteiger partial charge in [-0.1, -0.05) is 6.07 Å². The molecule has 0 radical (unpaired) electrons. The molecule has 53 heavy (non-hydrogen) atoms. The lowest BCUT2D eigenvalue weighted by molar-refractivity contribution is -0.114. The number of hydrogen-bond donors (Lipinski definition) is 7. The third-order valence-corrected chi connectivity index (χ3v) is 10.2. The molecule has 2 unspecified atom stereocenters. The summed E-state index contributed by atoms with van der Waals surface area (Å²) in [5.74, 6) is -7.71. The number of amides is 2. The first-order valence-corrected chi connectivity index (χ1v) is 17.4. The number of rotatable bonds is 10. The summed E-state index contributed by atoms with van der Waals surface area (Å²) < 4.78 is 34.4. The molecule has 16 nitrogen and oxygen atoms in total. The molecule has 1 heterocycles. The number of nitrogens with one attached hydrogen (secondary N) is 2. The van der Waals surface area contributed by atoms with Crippen LogP contribution < -0.4 is 10.6 Å². The number of phenols is 4. The molecule has 7 N–H and O–H groups in total. The molecule has 0 saturated carbocycles. The molecule has 4 aromatic carbocycles. The zero-order valence-electron chi connectivity index (χ0n) is 27.8. The molecule has 1 aliphatic rings. The van der Waals surface area contributed by atoms with Crippen LogP contribution in [0.1, 0.15) is 66.8 Å². The molecule has 0 aromatic heterocycles. The van der Waals surface area contributed by atoms with E-state index >= 15 is 0 Å². The standard InChI is InChI=1S/C36H33N3O13S/c1-19(40)37-22-9-13-24(14-10-22)53(50,51)39-15-3-6-30(26(18-39)38-34(46)20-7-11-23(41)12-8-20)52-36(49)21-16-28(43)32(29(44)17-21)33(45)31-25(35(47)48)4-2-5-27(31)42/h2,4-5,7-14,16-17,26,30,41-44H,3,6,15,18H2,1H3,(H,37,40)(H,38,46)(H,47,48). The van der Waals surface area contributed by atoms with Gasteiger partial charge in [0.1, 0.15) is 34.7 Å². The molecule has 1 aliphatic heterocycles. The predicted molar refractivity (Wildman–Crippen MR) is 186 cm³/mol. The van der Waals surface area contributed by atoms with Crippen molar-refractivity contribution in [1.29, 1.82) is 0 Å². The normalized spacial score (nSPS) is 16.2. The fraction of sp³-hybridized carbons (Fsp3) is 0.194. The molecule has 0 aliphatic carbocycles. The van der Waals surface area contributed by atoms with Crippen molar-refractivity contribution in [3.8, 4) is 23.0 Å². The minimum atomic E-state index is -4.19. The molecule has 0 spiro atoms. The van der Waals surface area contributed by atoms with Crippen molar-refractivity contribution in [3.63, 3.8) is 0 Å². The molecule has 17 heteroatoms. The smallest absolute Gasteiger partial charge is 0.338 e. The van der Waals surface area contributed by atoms with Crippen LogP contribution in [0.3, 0.4) is 0 Å². The molecule has 1 saturated heterocycles. The highest BCUT2D eigenvalue weighted by Gasteiger charge is 2.37. The number of nitrogens with zero attached hydrogens (tertiary/aromatic N) is 1. The number of esters is 1. The van der Waals surface area contributed by atoms with Gasteiger partial charge in [-0.05, 0) is 85.6 Å². The van der Waals surface area contributed by atoms with E-state index in [4.69, 9.17) is 4.74 Å². The number of aromatic carboxylic acids is 1. The van der Waals surface area contributed by atoms with Crippen molar-refractivity contribution in [2.24, 2.45) is 0 Å². The Hall–Kier alpha value is -6.46. The quantitative estimate of drug-likeness (QED) is 0.0910. The highest BCUT2D eigenvalue weighted by molar-refractivity contribution is 7.89. The Labute approximate surface area is 301 Å². The van der Waals surface area contributed by atoms with E-state index in [1.807, 2.05) is 0 Å². The zero-order chi connectivity index (χ0) is 38.6. The topological polar surface area (TPSA) is 257 Å². The van der Waals surface area contributed by atoms with Gasteiger partial charge >= 0.3 is 11.9 Å². The lowest BCUT2D eigenvalue weighted by atomic mass is 9.95. The number of carbonyl (C=O) groups excluding carboxylic acids is 4. The fourth-order valence-electron chi connectivity index (χ4n) is 5.77. The number of hydrogen-bond acceptors (Lipinski definition) is 12. The van der Waals surface area contributed by atoms with Gasteiger partial charge in [-0.25, -0.2) is 18.0 Å². The minimum absolute atomic E-state index is 0.0412. The van der Waals surface area contributed by atoms with E-state index in [0.29, 0.717) is 5.69 Å². The summed E-state index contributed by atoms with van der Waals surface area (Å²) in [5.41, 5.74) is -2.10. The van der Waals surface area contributed by atoms with Gasteiger partial charge in [0, 0.05) is 31.3 Å². The van der Waals surface area contributed by atoms with Gasteiger partial charge in [0.2, 0.25) is 21.7 Å². The van der Waals surface area contributed by atoms with Crippen LogP contribution in [0.4, 0.5) is 5.69 Å². The number of benzene rings is 4. The summed E-state index contributed by atoms with van der Waals surface area (Å²) in [4.78, 5) is 63.0. The van der Waals surface area contributed by atoms with Gasteiger partial charge < -0.3 is 40.9 Å². The maximum Gasteiger partial charge on any atom is 0.338 e. The predicted octanol–water partition coefficient (Wildman–Crippen LogP) is 3.21. The van der Waals surface area contributed by atoms with Crippen LogP contribution >= 0.6 is 0 Å². The van der Waals surface area contributed by atoms with Crippen LogP contribution in [-0.2, 0) is 19.6 Å². The first-order chi connectivity index (χ1) is 25.1. The van der Waals surface area contributed by atoms with Crippen molar-refractivity contribution in [3.05, 3.63) is 107 Å². The summed E-state index contributed by atoms with van der Waals surface area (Å²) in [6, 6.07) is 14.3. The van der Waals surface area contributed by atoms with Crippen molar-refractivity contribution in [1.82, 2.24) is 9.62 Å². The van der Waals surface area contributed by atoms with Gasteiger partial charge in [0.15, 0.2) is 0 Å². The van der Waals surface area contributed by atoms with Gasteiger partial charge in [-0.15, -0.1) is 0 Å². The monoisotopic (exact) mass is 747 g/mol. The lowest BCUT2D eigenvalue weighted by Gasteiger charge is -2.29. The Morgan fingerprint density at radius 3 is 2.06 bits per heavy atom. The minimum Gasteiger partial charge on any atom is -0.508 e. The number of sulfonamides is 1. The van der Waals surface area contributed by atoms with Gasteiger partial charge in [0.05, 0.1) is 27.6 Å². The maximum absolute atomic E-state index is 13.8. The number of ketones is 1. The lowest BCUT2D eigenvalue weighted by Crippen LogP contribution is -2.51. The Morgan fingerprint density at radius 1 is 0.811 bits per heavy atom. The van der Waals surface area contributed by atoms with Crippen molar-refractivity contribution < 1.29 is 62.7 Å². The Bertz CT molecular complexity index is 2180. The van der Waals surface area contributed by atoms with E-state index in [1.165, 1.54) is 61.5 Å². The van der Waals surface area contributed by atoms with E-state index in [9.17, 15) is 57.9 Å². The highest BCUT2D eigenvalue weighted by Crippen LogP contribution is 2.35. The number of ether oxygens (including phenoxy) is 1. The average Bonchev–Trinajstić information content (AvgIpc) is 3.30. The number of carboxylic acid groups (broad SMARTS) is 1. The van der Waals surface area contributed by atoms with Crippen molar-refractivity contribution in [2.75, 3.05) is 18.4 Å². The number of carboxylic acids is 1. The number of phenolic OH excluding ortho intramolecular Hbond substituents is 4. The Kier molecular flexibility index (Phi) is 11.0. The summed E-state index contributed by atoms with van der Waals surface area (Å²) in [6.45, 7) is 0.891. The Balaban J connectivity index is 1.43. The second kappa shape index (κ2) is 15.4. The van der Waals surface area contributed by atoms with Crippen LogP contribution in [0, 0.1) is 0 Å². The molecule has 2 amide bonds. The van der Waals surface area contributed by atoms with Crippen LogP contribution in [-0.4, -0.2) is 93.0 Å². The van der Waals surface area contributed by atoms with Crippen LogP contribution in [0.15, 0.2) is 83.8 Å². The first kappa shape index (κ1) is 37.8. The largest absolute Gasteiger partial charge is 0.508 e. The number of anilines is 1. The molecular weight excluding hydrogens is 714 g/mol. The molecular formula is C36H33N3O13S. The zero-order valence-corrected chi connectivity index (χ0v) is 28.7. The first-order valence-electron chi connectivity index (χ1n) is 15.9. The number of carbonyl (C=O) groups is 5. The van der Waals surface area contributed by atoms with Crippen LogP contribution in [0.25, 0.3) is 0 Å². The second-order valence-corrected chi connectivity index (χ2v) is 13.9. The van der Waals surface area contributed by atoms with Gasteiger partial charge in [0.25, 0.3) is 5.91 Å². The SMILES string of the molecule is CC(=O)Nc1ccc(S(=O)(=O)N2CCCC(OC(=O)c3cc(O)c(C(=O)c4c(O)cccc4C(=O)O)c(O)c3)C(NC(=O)c3ccc(O)cc3)C2)cc1. The molecule has 0 bridgehead atoms. The summed E-state index contributed by atoms with van der Waals surface area (Å²) in [5, 5.41) is 56.1. The molecule has 2 atom stereocenters. The summed E-state index contributed by atoms with van der Waals surface area (Å²) >= 11 is 0. The number of aromatic hydroxyl groups is 4. The van der Waals surface area contributed by atoms with Crippen molar-refractivity contribution in [2.45, 2.75) is 36.8 Å². The summed E-state index contributed by atoms with van der Waals surface area (Å²) in [6.07, 6.45) is -0.973. The fourth-order valence-corrected chi connectivity index (χ4v) is 7.28. The van der Waals surface area contributed by atoms with Crippen LogP contribution in [0.2, 0.25) is 0 Å². The van der Waals surface area contributed by atoms with Crippen LogP contribution in [0.5, 0.6) is 23.0 Å². The highest BCUT2D eigenvalue weighted by atomic mass is 32.2. The third kappa shape index (κ3) is 8.37. The summed E-state index contributed by atoms with van der Waals surface area (Å²) in [7, 11) is -4.19. The Morgan fingerprint density at radius 2 is 1.45 bits per heavy atom. The van der Waals surface area contributed by atoms with E-state index in [1.54, 1.807) is 0 Å².